The summed E-state index contributed by atoms with van der Waals surface area (Å²) in [5.41, 5.74) is 3.40. The Hall–Kier alpha value is -4.76. The minimum atomic E-state index is -1.06. The molecule has 2 heterocycles. The molecule has 228 valence electrons. The zero-order chi connectivity index (χ0) is 31.2. The Balaban J connectivity index is 1.43. The molecule has 2 aliphatic carbocycles. The molecule has 6 rings (SSSR count). The molecule has 1 aromatic heterocycles. The molecule has 0 radical (unpaired) electrons. The van der Waals surface area contributed by atoms with E-state index in [0.29, 0.717) is 36.3 Å². The third-order valence-electron chi connectivity index (χ3n) is 9.37. The van der Waals surface area contributed by atoms with E-state index in [4.69, 9.17) is 4.52 Å². The molecule has 3 amide bonds. The summed E-state index contributed by atoms with van der Waals surface area (Å²) in [5, 5.41) is 21.1. The highest BCUT2D eigenvalue weighted by atomic mass is 16.5. The van der Waals surface area contributed by atoms with Crippen LogP contribution in [0.2, 0.25) is 0 Å². The molecule has 1 unspecified atom stereocenters. The van der Waals surface area contributed by atoms with Crippen LogP contribution >= 0.6 is 0 Å². The fourth-order valence-corrected chi connectivity index (χ4v) is 7.22. The number of nitrogens with one attached hydrogen (secondary N) is 4. The van der Waals surface area contributed by atoms with Crippen molar-refractivity contribution in [1.29, 1.82) is 5.26 Å². The molecule has 3 aromatic rings. The van der Waals surface area contributed by atoms with Gasteiger partial charge in [0.1, 0.15) is 6.04 Å². The van der Waals surface area contributed by atoms with Crippen molar-refractivity contribution < 1.29 is 18.9 Å². The molecule has 0 spiro atoms. The molecule has 4 atom stereocenters. The maximum atomic E-state index is 13.3. The van der Waals surface area contributed by atoms with Gasteiger partial charge in [-0.1, -0.05) is 12.1 Å². The number of nitriles is 1. The van der Waals surface area contributed by atoms with Crippen LogP contribution in [0.1, 0.15) is 75.0 Å². The normalized spacial score (nSPS) is 21.6. The summed E-state index contributed by atoms with van der Waals surface area (Å²) >= 11 is 0. The first-order valence-electron chi connectivity index (χ1n) is 14.9. The highest BCUT2D eigenvalue weighted by molar-refractivity contribution is 5.95. The first-order chi connectivity index (χ1) is 21.2. The maximum Gasteiger partial charge on any atom is 0.459 e. The summed E-state index contributed by atoms with van der Waals surface area (Å²) in [6, 6.07) is 12.7. The zero-order valence-electron chi connectivity index (χ0n) is 24.9. The van der Waals surface area contributed by atoms with Gasteiger partial charge in [0.05, 0.1) is 18.0 Å². The Morgan fingerprint density at radius 1 is 1.07 bits per heavy atom. The van der Waals surface area contributed by atoms with Crippen molar-refractivity contribution in [3.05, 3.63) is 86.2 Å². The lowest BCUT2D eigenvalue weighted by molar-refractivity contribution is -0.131. The lowest BCUT2D eigenvalue weighted by Crippen LogP contribution is -2.46. The molecule has 1 saturated carbocycles. The largest absolute Gasteiger partial charge is 0.459 e. The van der Waals surface area contributed by atoms with E-state index < -0.39 is 11.2 Å². The van der Waals surface area contributed by atoms with Crippen molar-refractivity contribution in [2.45, 2.75) is 62.6 Å². The van der Waals surface area contributed by atoms with Crippen molar-refractivity contribution >= 4 is 17.7 Å². The van der Waals surface area contributed by atoms with Crippen LogP contribution in [0.5, 0.6) is 0 Å². The van der Waals surface area contributed by atoms with Crippen LogP contribution in [0, 0.1) is 17.2 Å². The van der Waals surface area contributed by atoms with E-state index in [1.54, 1.807) is 31.1 Å². The lowest BCUT2D eigenvalue weighted by atomic mass is 9.67. The number of aromatic amines is 1. The second-order valence-corrected chi connectivity index (χ2v) is 12.0. The molecular formula is C32H35N7O5. The van der Waals surface area contributed by atoms with E-state index in [0.717, 1.165) is 35.1 Å². The van der Waals surface area contributed by atoms with Crippen LogP contribution < -0.4 is 21.7 Å². The molecule has 44 heavy (non-hydrogen) atoms. The van der Waals surface area contributed by atoms with Crippen LogP contribution in [-0.4, -0.2) is 71.5 Å². The summed E-state index contributed by atoms with van der Waals surface area (Å²) in [4.78, 5) is 56.9. The Morgan fingerprint density at radius 2 is 1.68 bits per heavy atom. The molecule has 1 saturated heterocycles. The number of hydrogen-bond donors (Lipinski definition) is 4. The number of carbonyl (C=O) groups is 3. The summed E-state index contributed by atoms with van der Waals surface area (Å²) in [5.74, 6) is -0.614. The number of rotatable bonds is 8. The lowest BCUT2D eigenvalue weighted by Gasteiger charge is -2.37. The monoisotopic (exact) mass is 597 g/mol. The summed E-state index contributed by atoms with van der Waals surface area (Å²) in [6.07, 6.45) is 3.18. The maximum absolute atomic E-state index is 13.3. The summed E-state index contributed by atoms with van der Waals surface area (Å²) in [7, 11) is 3.15. The average molecular weight is 598 g/mol. The molecule has 2 fully saturated rings. The SMILES string of the molecule is CNC(=O)c1ccc2c(c1)CCc1cc(C(=O)NC)ccc1C2(C[C@H](C)NCC(=O)N1C(C#N)C[C@@H]2C[C@@H]21)c1nc(=O)o[nH]1. The smallest absolute Gasteiger partial charge is 0.355 e. The number of H-pyrrole nitrogens is 1. The minimum absolute atomic E-state index is 0.0545. The topological polar surface area (TPSA) is 173 Å². The second-order valence-electron chi connectivity index (χ2n) is 12.0. The van der Waals surface area contributed by atoms with Gasteiger partial charge in [-0.2, -0.15) is 10.2 Å². The predicted molar refractivity (Wildman–Crippen MR) is 159 cm³/mol. The van der Waals surface area contributed by atoms with Crippen molar-refractivity contribution in [2.24, 2.45) is 5.92 Å². The molecular weight excluding hydrogens is 562 g/mol. The zero-order valence-corrected chi connectivity index (χ0v) is 24.9. The summed E-state index contributed by atoms with van der Waals surface area (Å²) in [6.45, 7) is 2.01. The Kier molecular flexibility index (Phi) is 7.59. The second kappa shape index (κ2) is 11.4. The number of likely N-dealkylation sites (tertiary alicyclic amines) is 1. The van der Waals surface area contributed by atoms with Gasteiger partial charge < -0.3 is 25.4 Å². The quantitative estimate of drug-likeness (QED) is 0.302. The van der Waals surface area contributed by atoms with E-state index in [1.807, 2.05) is 31.2 Å². The first kappa shape index (κ1) is 29.3. The number of aryl methyl sites for hydroxylation is 2. The average Bonchev–Trinajstić information content (AvgIpc) is 3.53. The molecule has 4 N–H and O–H groups in total. The van der Waals surface area contributed by atoms with E-state index in [2.05, 4.69) is 32.2 Å². The highest BCUT2D eigenvalue weighted by Crippen LogP contribution is 2.48. The van der Waals surface area contributed by atoms with Gasteiger partial charge >= 0.3 is 5.76 Å². The number of fused-ring (bicyclic) bond motifs is 3. The van der Waals surface area contributed by atoms with Gasteiger partial charge in [0, 0.05) is 37.3 Å². The van der Waals surface area contributed by atoms with Crippen LogP contribution in [0.25, 0.3) is 0 Å². The number of aromatic nitrogens is 2. The van der Waals surface area contributed by atoms with Crippen molar-refractivity contribution in [2.75, 3.05) is 20.6 Å². The summed E-state index contributed by atoms with van der Waals surface area (Å²) < 4.78 is 5.13. The van der Waals surface area contributed by atoms with E-state index in [-0.39, 0.29) is 48.2 Å². The van der Waals surface area contributed by atoms with Gasteiger partial charge in [-0.25, -0.2) is 9.95 Å². The third-order valence-corrected chi connectivity index (χ3v) is 9.37. The van der Waals surface area contributed by atoms with Gasteiger partial charge in [-0.3, -0.25) is 14.4 Å². The minimum Gasteiger partial charge on any atom is -0.355 e. The van der Waals surface area contributed by atoms with Crippen LogP contribution in [-0.2, 0) is 23.1 Å². The van der Waals surface area contributed by atoms with Gasteiger partial charge in [0.25, 0.3) is 11.8 Å². The number of piperidine rings is 1. The van der Waals surface area contributed by atoms with E-state index in [9.17, 15) is 24.4 Å². The van der Waals surface area contributed by atoms with E-state index >= 15 is 0 Å². The van der Waals surface area contributed by atoms with Crippen LogP contribution in [0.4, 0.5) is 0 Å². The number of benzene rings is 2. The molecule has 12 nitrogen and oxygen atoms in total. The third kappa shape index (κ3) is 4.97. The first-order valence-corrected chi connectivity index (χ1v) is 14.9. The fraction of sp³-hybridized carbons (Fsp3) is 0.438. The molecule has 0 bridgehead atoms. The molecule has 2 aromatic carbocycles. The van der Waals surface area contributed by atoms with Gasteiger partial charge in [-0.15, -0.1) is 0 Å². The van der Waals surface area contributed by atoms with E-state index in [1.165, 1.54) is 0 Å². The van der Waals surface area contributed by atoms with Crippen molar-refractivity contribution in [3.63, 3.8) is 0 Å². The Labute approximate surface area is 254 Å². The molecule has 12 heteroatoms. The molecule has 3 aliphatic rings. The van der Waals surface area contributed by atoms with Crippen LogP contribution in [0.15, 0.2) is 45.7 Å². The Morgan fingerprint density at radius 3 is 2.20 bits per heavy atom. The fourth-order valence-electron chi connectivity index (χ4n) is 7.22. The van der Waals surface area contributed by atoms with Gasteiger partial charge in [0.2, 0.25) is 5.91 Å². The van der Waals surface area contributed by atoms with Crippen molar-refractivity contribution in [1.82, 2.24) is 31.0 Å². The standard InChI is InChI=1S/C32H35N7O5/c1-17(36-16-27(40)39-23(15-33)12-22-13-26(22)39)14-32(30-37-31(43)44-38-30)24-8-6-20(28(41)34-2)10-18(24)4-5-19-11-21(29(42)35-3)7-9-25(19)32/h6-11,17,22-23,26,36H,4-5,12-14,16H2,1-3H3,(H,34,41)(H,35,42)(H,37,38,43)/t17-,22+,23?,26-/m0/s1. The predicted octanol–water partition coefficient (Wildman–Crippen LogP) is 1.40. The highest BCUT2D eigenvalue weighted by Gasteiger charge is 2.54. The number of nitrogens with zero attached hydrogens (tertiary/aromatic N) is 3. The van der Waals surface area contributed by atoms with Gasteiger partial charge in [0.15, 0.2) is 5.82 Å². The Bertz CT molecular complexity index is 1670. The number of amides is 3. The van der Waals surface area contributed by atoms with Gasteiger partial charge in [-0.05, 0) is 91.5 Å². The van der Waals surface area contributed by atoms with Crippen molar-refractivity contribution in [3.8, 4) is 6.07 Å². The van der Waals surface area contributed by atoms with Crippen LogP contribution in [0.3, 0.4) is 0 Å². The number of carbonyl (C=O) groups excluding carboxylic acids is 3. The molecule has 1 aliphatic heterocycles. The number of hydrogen-bond acceptors (Lipinski definition) is 8.